The number of hydrogen-bond acceptors (Lipinski definition) is 2. The van der Waals surface area contributed by atoms with Crippen LogP contribution in [0.1, 0.15) is 22.3 Å². The Hall–Kier alpha value is -7.95. The third-order valence-corrected chi connectivity index (χ3v) is 13.5. The van der Waals surface area contributed by atoms with Gasteiger partial charge in [0.05, 0.1) is 39.0 Å². The van der Waals surface area contributed by atoms with Crippen LogP contribution in [0, 0.1) is 0 Å². The normalized spacial score (nSPS) is 13.5. The van der Waals surface area contributed by atoms with Crippen molar-refractivity contribution >= 4 is 72.9 Å². The fourth-order valence-electron chi connectivity index (χ4n) is 10.9. The second-order valence-electron chi connectivity index (χ2n) is 16.6. The number of fused-ring (bicyclic) bond motifs is 9. The number of pyridine rings is 1. The summed E-state index contributed by atoms with van der Waals surface area (Å²) in [6.07, 6.45) is 0. The average Bonchev–Trinajstić information content (AvgIpc) is 3.84. The molecule has 3 nitrogen and oxygen atoms in total. The maximum Gasteiger partial charge on any atom is 0.244 e. The van der Waals surface area contributed by atoms with Crippen molar-refractivity contribution in [1.29, 1.82) is 0 Å². The van der Waals surface area contributed by atoms with Gasteiger partial charge in [0.2, 0.25) is 6.71 Å². The van der Waals surface area contributed by atoms with E-state index in [2.05, 4.69) is 240 Å². The number of nitrogens with zero attached hydrogens (tertiary/aromatic N) is 3. The zero-order valence-electron chi connectivity index (χ0n) is 33.9. The van der Waals surface area contributed by atoms with Crippen LogP contribution >= 0.6 is 0 Å². The Bertz CT molecular complexity index is 3450. The molecule has 0 bridgehead atoms. The van der Waals surface area contributed by atoms with Crippen molar-refractivity contribution in [2.75, 3.05) is 4.90 Å². The summed E-state index contributed by atoms with van der Waals surface area (Å²) in [6, 6.07) is 84.8. The van der Waals surface area contributed by atoms with Crippen LogP contribution < -0.4 is 21.3 Å². The molecule has 0 N–H and O–H groups in total. The monoisotopic (exact) mass is 787 g/mol. The average molecular weight is 788 g/mol. The van der Waals surface area contributed by atoms with Gasteiger partial charge < -0.3 is 9.47 Å². The fraction of sp³-hybridized carbons (Fsp3) is 0.0172. The van der Waals surface area contributed by atoms with Crippen molar-refractivity contribution in [1.82, 2.24) is 9.55 Å². The number of para-hydroxylation sites is 4. The van der Waals surface area contributed by atoms with Crippen LogP contribution in [0.25, 0.3) is 49.7 Å². The summed E-state index contributed by atoms with van der Waals surface area (Å²) < 4.78 is 2.45. The maximum absolute atomic E-state index is 5.25. The molecule has 4 heteroatoms. The van der Waals surface area contributed by atoms with Crippen LogP contribution in [0.5, 0.6) is 0 Å². The summed E-state index contributed by atoms with van der Waals surface area (Å²) in [5.74, 6) is 0. The minimum atomic E-state index is -0.523. The number of aromatic nitrogens is 2. The standard InChI is InChI=1S/C58H38BN3/c1-4-19-40(20-5-1)58(41-21-6-2-7-22-41)48-26-12-16-30-54(48)62(55-31-17-13-27-49(55)58)44-33-34-45-47-37-42(32-35-53(47)61(56(45)38-44)43-23-8-3-9-24-43)59-50-28-14-11-25-46(50)57-51(59)36-39-18-10-15-29-52(39)60-57/h1-38H. The Morgan fingerprint density at radius 3 is 1.76 bits per heavy atom. The second-order valence-corrected chi connectivity index (χ2v) is 16.6. The summed E-state index contributed by atoms with van der Waals surface area (Å²) in [4.78, 5) is 7.73. The van der Waals surface area contributed by atoms with Crippen LogP contribution in [0.4, 0.5) is 17.1 Å². The molecular formula is C58H38BN3. The maximum atomic E-state index is 5.25. The van der Waals surface area contributed by atoms with Gasteiger partial charge in [-0.3, -0.25) is 0 Å². The molecule has 0 amide bonds. The number of anilines is 3. The molecule has 0 unspecified atom stereocenters. The van der Waals surface area contributed by atoms with Gasteiger partial charge >= 0.3 is 0 Å². The topological polar surface area (TPSA) is 21.1 Å². The van der Waals surface area contributed by atoms with Crippen LogP contribution in [0.15, 0.2) is 231 Å². The van der Waals surface area contributed by atoms with Gasteiger partial charge in [-0.25, -0.2) is 4.98 Å². The first kappa shape index (κ1) is 34.9. The van der Waals surface area contributed by atoms with E-state index in [-0.39, 0.29) is 6.71 Å². The third-order valence-electron chi connectivity index (χ3n) is 13.5. The number of benzene rings is 9. The summed E-state index contributed by atoms with van der Waals surface area (Å²) >= 11 is 0. The van der Waals surface area contributed by atoms with E-state index < -0.39 is 5.41 Å². The summed E-state index contributed by atoms with van der Waals surface area (Å²) in [6.45, 7) is 0.0768. The lowest BCUT2D eigenvalue weighted by molar-refractivity contribution is 0.731. The lowest BCUT2D eigenvalue weighted by Crippen LogP contribution is -2.48. The molecule has 0 atom stereocenters. The molecule has 13 rings (SSSR count). The molecule has 11 aromatic rings. The molecule has 62 heavy (non-hydrogen) atoms. The molecule has 0 saturated carbocycles. The van der Waals surface area contributed by atoms with Crippen molar-refractivity contribution in [3.05, 3.63) is 253 Å². The fourth-order valence-corrected chi connectivity index (χ4v) is 10.9. The van der Waals surface area contributed by atoms with Crippen LogP contribution in [-0.4, -0.2) is 16.3 Å². The van der Waals surface area contributed by atoms with Crippen LogP contribution in [-0.2, 0) is 5.41 Å². The Balaban J connectivity index is 1.04. The van der Waals surface area contributed by atoms with Gasteiger partial charge in [-0.1, -0.05) is 193 Å². The lowest BCUT2D eigenvalue weighted by atomic mass is 9.39. The van der Waals surface area contributed by atoms with Gasteiger partial charge in [-0.15, -0.1) is 0 Å². The highest BCUT2D eigenvalue weighted by Crippen LogP contribution is 2.57. The summed E-state index contributed by atoms with van der Waals surface area (Å²) in [7, 11) is 0. The van der Waals surface area contributed by atoms with Crippen LogP contribution in [0.3, 0.4) is 0 Å². The van der Waals surface area contributed by atoms with E-state index >= 15 is 0 Å². The largest absolute Gasteiger partial charge is 0.310 e. The predicted molar refractivity (Wildman–Crippen MR) is 259 cm³/mol. The first-order chi connectivity index (χ1) is 30.8. The minimum absolute atomic E-state index is 0.0768. The van der Waals surface area contributed by atoms with E-state index in [9.17, 15) is 0 Å². The van der Waals surface area contributed by atoms with E-state index in [0.29, 0.717) is 0 Å². The molecule has 2 aliphatic rings. The molecule has 0 radical (unpaired) electrons. The number of rotatable bonds is 5. The zero-order chi connectivity index (χ0) is 40.8. The van der Waals surface area contributed by atoms with Crippen molar-refractivity contribution in [2.24, 2.45) is 0 Å². The van der Waals surface area contributed by atoms with Crippen molar-refractivity contribution in [3.8, 4) is 16.9 Å². The predicted octanol–water partition coefficient (Wildman–Crippen LogP) is 12.0. The highest BCUT2D eigenvalue weighted by molar-refractivity contribution is 6.99. The molecule has 0 spiro atoms. The van der Waals surface area contributed by atoms with Crippen LogP contribution in [0.2, 0.25) is 0 Å². The highest BCUT2D eigenvalue weighted by Gasteiger charge is 2.46. The Morgan fingerprint density at radius 2 is 1.03 bits per heavy atom. The summed E-state index contributed by atoms with van der Waals surface area (Å²) in [5, 5.41) is 3.63. The molecule has 0 saturated heterocycles. The smallest absolute Gasteiger partial charge is 0.244 e. The van der Waals surface area contributed by atoms with Crippen molar-refractivity contribution in [2.45, 2.75) is 5.41 Å². The first-order valence-corrected chi connectivity index (χ1v) is 21.5. The molecule has 2 aromatic heterocycles. The molecule has 0 aliphatic carbocycles. The first-order valence-electron chi connectivity index (χ1n) is 21.5. The second kappa shape index (κ2) is 13.5. The van der Waals surface area contributed by atoms with Gasteiger partial charge in [0.1, 0.15) is 0 Å². The minimum Gasteiger partial charge on any atom is -0.310 e. The quantitative estimate of drug-likeness (QED) is 0.162. The molecule has 0 fully saturated rings. The molecular weight excluding hydrogens is 749 g/mol. The Morgan fingerprint density at radius 1 is 0.419 bits per heavy atom. The van der Waals surface area contributed by atoms with Gasteiger partial charge in [0.15, 0.2) is 0 Å². The molecule has 4 heterocycles. The van der Waals surface area contributed by atoms with E-state index in [0.717, 1.165) is 22.6 Å². The Labute approximate surface area is 360 Å². The van der Waals surface area contributed by atoms with Gasteiger partial charge in [0, 0.05) is 22.1 Å². The van der Waals surface area contributed by atoms with Gasteiger partial charge in [-0.05, 0) is 87.2 Å². The summed E-state index contributed by atoms with van der Waals surface area (Å²) in [5.41, 5.74) is 18.6. The molecule has 288 valence electrons. The Kier molecular flexibility index (Phi) is 7.61. The molecule has 2 aliphatic heterocycles. The van der Waals surface area contributed by atoms with Gasteiger partial charge in [0.25, 0.3) is 0 Å². The van der Waals surface area contributed by atoms with E-state index in [1.54, 1.807) is 0 Å². The van der Waals surface area contributed by atoms with Crippen molar-refractivity contribution < 1.29 is 0 Å². The van der Waals surface area contributed by atoms with E-state index in [1.165, 1.54) is 82.8 Å². The SMILES string of the molecule is c1ccc(-n2c3ccc(B4c5ccccc5-c5nc6ccccc6cc54)cc3c3ccc(N4c5ccccc5C(c5ccccc5)(c5ccccc5)c5ccccc54)cc32)cc1. The van der Waals surface area contributed by atoms with E-state index in [1.807, 2.05) is 0 Å². The third kappa shape index (κ3) is 4.92. The number of hydrogen-bond donors (Lipinski definition) is 0. The van der Waals surface area contributed by atoms with E-state index in [4.69, 9.17) is 4.98 Å². The highest BCUT2D eigenvalue weighted by atomic mass is 15.2. The van der Waals surface area contributed by atoms with Gasteiger partial charge in [-0.2, -0.15) is 0 Å². The molecule has 9 aromatic carbocycles. The lowest BCUT2D eigenvalue weighted by Gasteiger charge is -2.46. The zero-order valence-corrected chi connectivity index (χ0v) is 33.9. The van der Waals surface area contributed by atoms with Crippen molar-refractivity contribution in [3.63, 3.8) is 0 Å².